The molecule has 0 unspecified atom stereocenters. The molecule has 2 N–H and O–H groups in total. The van der Waals surface area contributed by atoms with Crippen LogP contribution < -0.4 is 19.7 Å². The highest BCUT2D eigenvalue weighted by Gasteiger charge is 2.28. The summed E-state index contributed by atoms with van der Waals surface area (Å²) in [5, 5.41) is 9.74. The Morgan fingerprint density at radius 3 is 2.66 bits per heavy atom. The van der Waals surface area contributed by atoms with Crippen molar-refractivity contribution in [3.8, 4) is 22.8 Å². The number of nitrogens with one attached hydrogen (secondary N) is 2. The van der Waals surface area contributed by atoms with Gasteiger partial charge in [0.1, 0.15) is 18.1 Å². The Bertz CT molecular complexity index is 1100. The Morgan fingerprint density at radius 2 is 2.03 bits per heavy atom. The molecule has 2 aromatic carbocycles. The summed E-state index contributed by atoms with van der Waals surface area (Å²) < 4.78 is 35.7. The summed E-state index contributed by atoms with van der Waals surface area (Å²) in [5.41, 5.74) is -0.559. The average Bonchev–Trinajstić information content (AvgIpc) is 3.27. The van der Waals surface area contributed by atoms with Crippen LogP contribution in [0, 0.1) is 0 Å². The van der Waals surface area contributed by atoms with Crippen LogP contribution in [0.4, 0.5) is 20.2 Å². The Hall–Kier alpha value is -3.33. The van der Waals surface area contributed by atoms with Gasteiger partial charge < -0.3 is 19.7 Å². The lowest BCUT2D eigenvalue weighted by atomic mass is 10.0. The van der Waals surface area contributed by atoms with Crippen LogP contribution in [-0.2, 0) is 0 Å². The highest BCUT2D eigenvalue weighted by molar-refractivity contribution is 6.20. The average molecular weight is 463 g/mol. The minimum Gasteiger partial charge on any atom is -0.490 e. The van der Waals surface area contributed by atoms with Gasteiger partial charge in [-0.25, -0.2) is 0 Å². The van der Waals surface area contributed by atoms with E-state index < -0.39 is 5.57 Å². The number of halogens is 3. The second kappa shape index (κ2) is 8.66. The summed E-state index contributed by atoms with van der Waals surface area (Å²) in [6.07, 6.45) is 1.64. The van der Waals surface area contributed by atoms with Crippen LogP contribution in [0.2, 0.25) is 0 Å². The van der Waals surface area contributed by atoms with Gasteiger partial charge in [-0.1, -0.05) is 0 Å². The van der Waals surface area contributed by atoms with Crippen molar-refractivity contribution in [2.75, 3.05) is 23.4 Å². The molecule has 1 aliphatic rings. The number of carbonyl (C=O) groups is 1. The molecule has 0 radical (unpaired) electrons. The van der Waals surface area contributed by atoms with Gasteiger partial charge in [0.2, 0.25) is 0 Å². The Labute approximate surface area is 188 Å². The number of fused-ring (bicyclic) bond motifs is 1. The number of aromatic nitrogens is 2. The molecule has 32 heavy (non-hydrogen) atoms. The topological polar surface area (TPSA) is 79.5 Å². The van der Waals surface area contributed by atoms with Gasteiger partial charge in [-0.15, -0.1) is 8.78 Å². The molecule has 1 aromatic heterocycles. The number of nitrogens with zero attached hydrogens (tertiary/aromatic N) is 2. The molecule has 10 heteroatoms. The van der Waals surface area contributed by atoms with E-state index in [9.17, 15) is 13.6 Å². The van der Waals surface area contributed by atoms with Crippen LogP contribution in [0.1, 0.15) is 24.2 Å². The number of hydrogen-bond acceptors (Lipinski definition) is 5. The van der Waals surface area contributed by atoms with Crippen molar-refractivity contribution in [3.05, 3.63) is 54.2 Å². The molecule has 1 amide bonds. The Morgan fingerprint density at radius 1 is 1.28 bits per heavy atom. The number of anilines is 2. The fourth-order valence-electron chi connectivity index (χ4n) is 3.58. The summed E-state index contributed by atoms with van der Waals surface area (Å²) in [4.78, 5) is 15.2. The first kappa shape index (κ1) is 21.9. The number of hydrogen-bond donors (Lipinski definition) is 2. The van der Waals surface area contributed by atoms with Crippen molar-refractivity contribution < 1.29 is 23.0 Å². The maximum Gasteiger partial charge on any atom is 0.487 e. The number of benzene rings is 2. The number of rotatable bonds is 6. The SMILES string of the molecule is CC(C)N1CCOc2cc(C(=O)Nc3ccc(OC(F)(F)Cl)cc3)cc(-c3ccn[nH]3)c21. The molecular weight excluding hydrogens is 442 g/mol. The molecule has 0 spiro atoms. The number of aromatic amines is 1. The minimum absolute atomic E-state index is 0.125. The smallest absolute Gasteiger partial charge is 0.487 e. The molecule has 3 aromatic rings. The Balaban J connectivity index is 1.64. The molecule has 168 valence electrons. The Kier molecular flexibility index (Phi) is 5.92. The molecule has 0 aliphatic carbocycles. The molecule has 4 rings (SSSR count). The van der Waals surface area contributed by atoms with Crippen molar-refractivity contribution >= 4 is 28.9 Å². The van der Waals surface area contributed by atoms with E-state index in [0.29, 0.717) is 23.6 Å². The molecule has 0 saturated carbocycles. The summed E-state index contributed by atoms with van der Waals surface area (Å²) in [5.74, 6) is 0.103. The van der Waals surface area contributed by atoms with Crippen LogP contribution in [0.3, 0.4) is 0 Å². The zero-order valence-electron chi connectivity index (χ0n) is 17.4. The van der Waals surface area contributed by atoms with E-state index in [2.05, 4.69) is 39.0 Å². The van der Waals surface area contributed by atoms with Crippen LogP contribution in [0.15, 0.2) is 48.7 Å². The molecule has 0 fully saturated rings. The number of ether oxygens (including phenoxy) is 2. The van der Waals surface area contributed by atoms with Gasteiger partial charge in [-0.3, -0.25) is 9.89 Å². The van der Waals surface area contributed by atoms with Crippen molar-refractivity contribution in [1.82, 2.24) is 10.2 Å². The van der Waals surface area contributed by atoms with Crippen molar-refractivity contribution in [2.24, 2.45) is 0 Å². The van der Waals surface area contributed by atoms with Crippen LogP contribution in [0.5, 0.6) is 11.5 Å². The van der Waals surface area contributed by atoms with Gasteiger partial charge in [0, 0.05) is 40.7 Å². The number of alkyl halides is 3. The van der Waals surface area contributed by atoms with Gasteiger partial charge >= 0.3 is 5.57 Å². The highest BCUT2D eigenvalue weighted by atomic mass is 35.5. The third-order valence-electron chi connectivity index (χ3n) is 4.97. The number of carbonyl (C=O) groups excluding carboxylic acids is 1. The van der Waals surface area contributed by atoms with E-state index in [1.165, 1.54) is 24.3 Å². The van der Waals surface area contributed by atoms with E-state index in [1.807, 2.05) is 6.07 Å². The third kappa shape index (κ3) is 4.77. The molecule has 2 heterocycles. The van der Waals surface area contributed by atoms with Crippen molar-refractivity contribution in [3.63, 3.8) is 0 Å². The maximum absolute atomic E-state index is 13.0. The van der Waals surface area contributed by atoms with Gasteiger partial charge in [0.15, 0.2) is 0 Å². The van der Waals surface area contributed by atoms with Crippen LogP contribution >= 0.6 is 11.6 Å². The summed E-state index contributed by atoms with van der Waals surface area (Å²) in [7, 11) is 0. The summed E-state index contributed by atoms with van der Waals surface area (Å²) in [6.45, 7) is 5.43. The van der Waals surface area contributed by atoms with E-state index >= 15 is 0 Å². The van der Waals surface area contributed by atoms with Crippen LogP contribution in [-0.4, -0.2) is 40.9 Å². The minimum atomic E-state index is -3.80. The quantitative estimate of drug-likeness (QED) is 0.498. The fraction of sp³-hybridized carbons (Fsp3) is 0.273. The second-order valence-electron chi connectivity index (χ2n) is 7.50. The number of H-pyrrole nitrogens is 1. The first-order valence-corrected chi connectivity index (χ1v) is 10.3. The zero-order chi connectivity index (χ0) is 22.9. The molecule has 7 nitrogen and oxygen atoms in total. The van der Waals surface area contributed by atoms with Gasteiger partial charge in [-0.05, 0) is 56.3 Å². The van der Waals surface area contributed by atoms with Gasteiger partial charge in [0.05, 0.1) is 17.9 Å². The van der Waals surface area contributed by atoms with Gasteiger partial charge in [0.25, 0.3) is 5.91 Å². The highest BCUT2D eigenvalue weighted by Crippen LogP contribution is 2.42. The van der Waals surface area contributed by atoms with Crippen molar-refractivity contribution in [1.29, 1.82) is 0 Å². The first-order valence-electron chi connectivity index (χ1n) is 9.95. The normalized spacial score (nSPS) is 13.5. The third-order valence-corrected chi connectivity index (χ3v) is 5.05. The standard InChI is InChI=1S/C22H21ClF2N4O3/c1-13(2)29-9-10-31-19-12-14(11-17(20(19)29)18-7-8-26-28-18)21(30)27-15-3-5-16(6-4-15)32-22(23,24)25/h3-8,11-13H,9-10H2,1-2H3,(H,26,28)(H,27,30). The lowest BCUT2D eigenvalue weighted by molar-refractivity contribution is -0.0964. The predicted octanol–water partition coefficient (Wildman–Crippen LogP) is 5.10. The van der Waals surface area contributed by atoms with E-state index in [4.69, 9.17) is 16.3 Å². The van der Waals surface area contributed by atoms with Crippen LogP contribution in [0.25, 0.3) is 11.3 Å². The molecule has 0 atom stereocenters. The largest absolute Gasteiger partial charge is 0.490 e. The molecule has 0 bridgehead atoms. The molecule has 0 saturated heterocycles. The van der Waals surface area contributed by atoms with E-state index in [1.54, 1.807) is 18.3 Å². The summed E-state index contributed by atoms with van der Waals surface area (Å²) >= 11 is 4.77. The second-order valence-corrected chi connectivity index (χ2v) is 7.94. The number of amides is 1. The lowest BCUT2D eigenvalue weighted by Gasteiger charge is -2.36. The fourth-order valence-corrected chi connectivity index (χ4v) is 3.67. The lowest BCUT2D eigenvalue weighted by Crippen LogP contribution is -2.38. The van der Waals surface area contributed by atoms with Gasteiger partial charge in [-0.2, -0.15) is 5.10 Å². The predicted molar refractivity (Wildman–Crippen MR) is 118 cm³/mol. The van der Waals surface area contributed by atoms with Crippen molar-refractivity contribution in [2.45, 2.75) is 25.5 Å². The molecular formula is C22H21ClF2N4O3. The molecule has 1 aliphatic heterocycles. The first-order chi connectivity index (χ1) is 15.2. The zero-order valence-corrected chi connectivity index (χ0v) is 18.1. The maximum atomic E-state index is 13.0. The summed E-state index contributed by atoms with van der Waals surface area (Å²) in [6, 6.07) is 11.0. The monoisotopic (exact) mass is 462 g/mol. The van der Waals surface area contributed by atoms with E-state index in [0.717, 1.165) is 23.5 Å². The van der Waals surface area contributed by atoms with E-state index in [-0.39, 0.29) is 17.7 Å².